The van der Waals surface area contributed by atoms with E-state index in [-0.39, 0.29) is 0 Å². The third kappa shape index (κ3) is 2.55. The van der Waals surface area contributed by atoms with E-state index in [0.29, 0.717) is 22.1 Å². The largest absolute Gasteiger partial charge is 0.495 e. The fourth-order valence-electron chi connectivity index (χ4n) is 2.43. The molecule has 2 N–H and O–H groups in total. The summed E-state index contributed by atoms with van der Waals surface area (Å²) in [7, 11) is 1.62. The van der Waals surface area contributed by atoms with Crippen molar-refractivity contribution in [1.82, 2.24) is 9.97 Å². The van der Waals surface area contributed by atoms with Gasteiger partial charge in [-0.25, -0.2) is 9.78 Å². The molecule has 0 spiro atoms. The number of para-hydroxylation sites is 2. The first-order valence-corrected chi connectivity index (χ1v) is 8.10. The molecular formula is C17H13N3O3S. The summed E-state index contributed by atoms with van der Waals surface area (Å²) in [6.45, 7) is 0. The number of H-pyrrole nitrogens is 1. The molecule has 24 heavy (non-hydrogen) atoms. The maximum atomic E-state index is 12.1. The van der Waals surface area contributed by atoms with Crippen molar-refractivity contribution < 1.29 is 9.15 Å². The molecule has 0 saturated heterocycles. The number of hydrogen-bond acceptors (Lipinski definition) is 6. The molecule has 3 aromatic heterocycles. The third-order valence-corrected chi connectivity index (χ3v) is 4.34. The van der Waals surface area contributed by atoms with E-state index in [0.717, 1.165) is 16.8 Å². The summed E-state index contributed by atoms with van der Waals surface area (Å²) >= 11 is 1.41. The van der Waals surface area contributed by atoms with Crippen LogP contribution in [0.4, 0.5) is 10.8 Å². The summed E-state index contributed by atoms with van der Waals surface area (Å²) in [6, 6.07) is 11.2. The second-order valence-corrected chi connectivity index (χ2v) is 5.93. The number of rotatable bonds is 4. The van der Waals surface area contributed by atoms with Gasteiger partial charge in [0.05, 0.1) is 24.1 Å². The molecule has 1 aromatic carbocycles. The van der Waals surface area contributed by atoms with Gasteiger partial charge in [0.1, 0.15) is 5.75 Å². The average Bonchev–Trinajstić information content (AvgIpc) is 3.23. The van der Waals surface area contributed by atoms with Crippen molar-refractivity contribution in [3.63, 3.8) is 0 Å². The number of ether oxygens (including phenoxy) is 1. The van der Waals surface area contributed by atoms with Crippen molar-refractivity contribution in [3.8, 4) is 17.0 Å². The lowest BCUT2D eigenvalue weighted by atomic mass is 10.2. The Bertz CT molecular complexity index is 1060. The van der Waals surface area contributed by atoms with Gasteiger partial charge >= 0.3 is 5.63 Å². The second kappa shape index (κ2) is 5.86. The standard InChI is InChI=1S/C17H13N3O3S/c1-22-14-5-3-2-4-12(14)19-17-20-13(9-24-17)11-8-10-6-7-18-15(10)23-16(11)21/h2-9,18H,1H3,(H,19,20). The minimum Gasteiger partial charge on any atom is -0.495 e. The summed E-state index contributed by atoms with van der Waals surface area (Å²) in [5, 5.41) is 6.53. The van der Waals surface area contributed by atoms with Crippen molar-refractivity contribution in [2.75, 3.05) is 12.4 Å². The minimum atomic E-state index is -0.418. The fourth-order valence-corrected chi connectivity index (χ4v) is 3.15. The van der Waals surface area contributed by atoms with Crippen LogP contribution >= 0.6 is 11.3 Å². The van der Waals surface area contributed by atoms with E-state index in [1.165, 1.54) is 11.3 Å². The summed E-state index contributed by atoms with van der Waals surface area (Å²) in [5.41, 5.74) is 1.88. The normalized spacial score (nSPS) is 10.9. The van der Waals surface area contributed by atoms with Crippen molar-refractivity contribution in [3.05, 3.63) is 58.4 Å². The first kappa shape index (κ1) is 14.5. The van der Waals surface area contributed by atoms with E-state index >= 15 is 0 Å². The number of nitrogens with one attached hydrogen (secondary N) is 2. The molecule has 0 aliphatic heterocycles. The molecule has 0 saturated carbocycles. The molecule has 4 rings (SSSR count). The Hall–Kier alpha value is -3.06. The number of aromatic nitrogens is 2. The Balaban J connectivity index is 1.69. The number of hydrogen-bond donors (Lipinski definition) is 2. The van der Waals surface area contributed by atoms with Gasteiger partial charge in [0.2, 0.25) is 5.71 Å². The van der Waals surface area contributed by atoms with Gasteiger partial charge in [-0.2, -0.15) is 0 Å². The quantitative estimate of drug-likeness (QED) is 0.587. The van der Waals surface area contributed by atoms with Gasteiger partial charge in [-0.05, 0) is 24.3 Å². The molecular weight excluding hydrogens is 326 g/mol. The zero-order chi connectivity index (χ0) is 16.5. The van der Waals surface area contributed by atoms with E-state index in [9.17, 15) is 4.79 Å². The number of thiazole rings is 1. The number of methoxy groups -OCH3 is 1. The Morgan fingerprint density at radius 3 is 3.04 bits per heavy atom. The molecule has 4 aromatic rings. The van der Waals surface area contributed by atoms with Crippen LogP contribution in [-0.2, 0) is 0 Å². The Labute approximate surface area is 140 Å². The molecule has 0 atom stereocenters. The van der Waals surface area contributed by atoms with Crippen molar-refractivity contribution >= 4 is 33.3 Å². The molecule has 7 heteroatoms. The SMILES string of the molecule is COc1ccccc1Nc1nc(-c2cc3cc[nH]c3oc2=O)cs1. The Morgan fingerprint density at radius 2 is 2.17 bits per heavy atom. The molecule has 6 nitrogen and oxygen atoms in total. The maximum Gasteiger partial charge on any atom is 0.347 e. The monoisotopic (exact) mass is 339 g/mol. The number of fused-ring (bicyclic) bond motifs is 1. The minimum absolute atomic E-state index is 0.418. The molecule has 0 aliphatic rings. The van der Waals surface area contributed by atoms with Crippen LogP contribution in [0.5, 0.6) is 5.75 Å². The maximum absolute atomic E-state index is 12.1. The van der Waals surface area contributed by atoms with Crippen LogP contribution in [-0.4, -0.2) is 17.1 Å². The molecule has 0 bridgehead atoms. The Kier molecular flexibility index (Phi) is 3.55. The highest BCUT2D eigenvalue weighted by molar-refractivity contribution is 7.14. The predicted octanol–water partition coefficient (Wildman–Crippen LogP) is 4.00. The van der Waals surface area contributed by atoms with Crippen LogP contribution in [0.25, 0.3) is 22.4 Å². The van der Waals surface area contributed by atoms with E-state index < -0.39 is 5.63 Å². The molecule has 120 valence electrons. The number of anilines is 2. The van der Waals surface area contributed by atoms with E-state index in [1.807, 2.05) is 35.7 Å². The highest BCUT2D eigenvalue weighted by atomic mass is 32.1. The summed E-state index contributed by atoms with van der Waals surface area (Å²) in [6.07, 6.45) is 1.73. The van der Waals surface area contributed by atoms with Crippen LogP contribution in [0, 0.1) is 0 Å². The van der Waals surface area contributed by atoms with Crippen molar-refractivity contribution in [2.24, 2.45) is 0 Å². The van der Waals surface area contributed by atoms with E-state index in [1.54, 1.807) is 19.4 Å². The summed E-state index contributed by atoms with van der Waals surface area (Å²) < 4.78 is 10.6. The van der Waals surface area contributed by atoms with Gasteiger partial charge < -0.3 is 19.5 Å². The lowest BCUT2D eigenvalue weighted by Crippen LogP contribution is -2.02. The lowest BCUT2D eigenvalue weighted by molar-refractivity contribution is 0.417. The van der Waals surface area contributed by atoms with Crippen LogP contribution in [0.3, 0.4) is 0 Å². The van der Waals surface area contributed by atoms with Gasteiger partial charge in [-0.15, -0.1) is 11.3 Å². The highest BCUT2D eigenvalue weighted by Crippen LogP contribution is 2.31. The molecule has 0 aliphatic carbocycles. The van der Waals surface area contributed by atoms with Crippen molar-refractivity contribution in [1.29, 1.82) is 0 Å². The summed E-state index contributed by atoms with van der Waals surface area (Å²) in [5.74, 6) is 0.725. The fraction of sp³-hybridized carbons (Fsp3) is 0.0588. The van der Waals surface area contributed by atoms with Gasteiger partial charge in [-0.3, -0.25) is 0 Å². The first-order valence-electron chi connectivity index (χ1n) is 7.22. The second-order valence-electron chi connectivity index (χ2n) is 5.07. The zero-order valence-corrected chi connectivity index (χ0v) is 13.5. The topological polar surface area (TPSA) is 80.2 Å². The van der Waals surface area contributed by atoms with E-state index in [2.05, 4.69) is 15.3 Å². The zero-order valence-electron chi connectivity index (χ0n) is 12.7. The van der Waals surface area contributed by atoms with Crippen LogP contribution in [0.2, 0.25) is 0 Å². The smallest absolute Gasteiger partial charge is 0.347 e. The average molecular weight is 339 g/mol. The van der Waals surface area contributed by atoms with Crippen molar-refractivity contribution in [2.45, 2.75) is 0 Å². The van der Waals surface area contributed by atoms with Gasteiger partial charge in [0, 0.05) is 17.0 Å². The number of nitrogens with zero attached hydrogens (tertiary/aromatic N) is 1. The molecule has 0 amide bonds. The first-order chi connectivity index (χ1) is 11.7. The predicted molar refractivity (Wildman–Crippen MR) is 94.2 cm³/mol. The molecule has 3 heterocycles. The lowest BCUT2D eigenvalue weighted by Gasteiger charge is -2.07. The molecule has 0 radical (unpaired) electrons. The van der Waals surface area contributed by atoms with Crippen LogP contribution in [0.1, 0.15) is 0 Å². The van der Waals surface area contributed by atoms with Crippen LogP contribution < -0.4 is 15.7 Å². The van der Waals surface area contributed by atoms with Gasteiger partial charge in [0.15, 0.2) is 5.13 Å². The molecule has 0 fully saturated rings. The number of aromatic amines is 1. The molecule has 0 unspecified atom stereocenters. The Morgan fingerprint density at radius 1 is 1.29 bits per heavy atom. The van der Waals surface area contributed by atoms with E-state index in [4.69, 9.17) is 9.15 Å². The third-order valence-electron chi connectivity index (χ3n) is 3.58. The van der Waals surface area contributed by atoms with Gasteiger partial charge in [-0.1, -0.05) is 12.1 Å². The summed E-state index contributed by atoms with van der Waals surface area (Å²) in [4.78, 5) is 19.5. The van der Waals surface area contributed by atoms with Gasteiger partial charge in [0.25, 0.3) is 0 Å². The van der Waals surface area contributed by atoms with Crippen LogP contribution in [0.15, 0.2) is 57.2 Å². The number of benzene rings is 1. The highest BCUT2D eigenvalue weighted by Gasteiger charge is 2.13.